The molecule has 16 heavy (non-hydrogen) atoms. The van der Waals surface area contributed by atoms with E-state index in [2.05, 4.69) is 10.1 Å². The van der Waals surface area contributed by atoms with Crippen molar-refractivity contribution < 1.29 is 14.3 Å². The molecule has 0 aromatic carbocycles. The molecule has 0 rings (SSSR count). The Hall–Kier alpha value is -1.06. The lowest BCUT2D eigenvalue weighted by molar-refractivity contribution is -0.140. The van der Waals surface area contributed by atoms with Gasteiger partial charge in [-0.3, -0.25) is 9.59 Å². The van der Waals surface area contributed by atoms with Crippen molar-refractivity contribution in [2.75, 3.05) is 13.7 Å². The van der Waals surface area contributed by atoms with Crippen molar-refractivity contribution in [3.63, 3.8) is 0 Å². The van der Waals surface area contributed by atoms with Crippen LogP contribution in [-0.2, 0) is 14.3 Å². The van der Waals surface area contributed by atoms with Gasteiger partial charge in [0.05, 0.1) is 7.11 Å². The van der Waals surface area contributed by atoms with E-state index < -0.39 is 0 Å². The van der Waals surface area contributed by atoms with Crippen LogP contribution in [0.25, 0.3) is 0 Å². The summed E-state index contributed by atoms with van der Waals surface area (Å²) in [6, 6.07) is 0. The molecule has 0 radical (unpaired) electrons. The molecule has 0 spiro atoms. The fraction of sp³-hybridized carbons (Fsp3) is 0.833. The normalized spacial score (nSPS) is 9.88. The highest BCUT2D eigenvalue weighted by Gasteiger charge is 1.98. The van der Waals surface area contributed by atoms with Gasteiger partial charge in [0.2, 0.25) is 5.91 Å². The molecule has 0 fully saturated rings. The van der Waals surface area contributed by atoms with Crippen molar-refractivity contribution in [3.8, 4) is 0 Å². The zero-order valence-corrected chi connectivity index (χ0v) is 10.4. The highest BCUT2D eigenvalue weighted by atomic mass is 16.5. The smallest absolute Gasteiger partial charge is 0.305 e. The van der Waals surface area contributed by atoms with Crippen LogP contribution in [0.5, 0.6) is 0 Å². The Morgan fingerprint density at radius 2 is 1.56 bits per heavy atom. The molecule has 0 aromatic heterocycles. The average molecular weight is 229 g/mol. The molecule has 0 aliphatic heterocycles. The van der Waals surface area contributed by atoms with Gasteiger partial charge in [0.1, 0.15) is 0 Å². The van der Waals surface area contributed by atoms with Crippen molar-refractivity contribution >= 4 is 11.9 Å². The van der Waals surface area contributed by atoms with Crippen LogP contribution in [0.1, 0.15) is 51.9 Å². The van der Waals surface area contributed by atoms with Gasteiger partial charge in [-0.1, -0.05) is 25.7 Å². The van der Waals surface area contributed by atoms with E-state index in [1.54, 1.807) is 0 Å². The molecular formula is C12H23NO3. The SMILES string of the molecule is COC(=O)CCCCCCCCNC(C)=O. The molecule has 0 aliphatic carbocycles. The molecule has 94 valence electrons. The van der Waals surface area contributed by atoms with Crippen LogP contribution in [-0.4, -0.2) is 25.5 Å². The topological polar surface area (TPSA) is 55.4 Å². The van der Waals surface area contributed by atoms with Crippen LogP contribution in [0, 0.1) is 0 Å². The summed E-state index contributed by atoms with van der Waals surface area (Å²) in [5.41, 5.74) is 0. The van der Waals surface area contributed by atoms with Crippen LogP contribution < -0.4 is 5.32 Å². The zero-order chi connectivity index (χ0) is 12.2. The Morgan fingerprint density at radius 1 is 1.00 bits per heavy atom. The van der Waals surface area contributed by atoms with Crippen molar-refractivity contribution in [2.24, 2.45) is 0 Å². The molecule has 4 nitrogen and oxygen atoms in total. The standard InChI is InChI=1S/C12H23NO3/c1-11(14)13-10-8-6-4-3-5-7-9-12(15)16-2/h3-10H2,1-2H3,(H,13,14). The third-order valence-corrected chi connectivity index (χ3v) is 2.41. The summed E-state index contributed by atoms with van der Waals surface area (Å²) in [6.07, 6.45) is 7.02. The molecule has 1 N–H and O–H groups in total. The minimum atomic E-state index is -0.120. The first-order valence-corrected chi connectivity index (χ1v) is 5.98. The number of methoxy groups -OCH3 is 1. The van der Waals surface area contributed by atoms with Crippen LogP contribution >= 0.6 is 0 Å². The lowest BCUT2D eigenvalue weighted by Gasteiger charge is -2.02. The van der Waals surface area contributed by atoms with E-state index in [1.165, 1.54) is 20.5 Å². The van der Waals surface area contributed by atoms with Crippen molar-refractivity contribution in [2.45, 2.75) is 51.9 Å². The Bertz CT molecular complexity index is 204. The maximum Gasteiger partial charge on any atom is 0.305 e. The third kappa shape index (κ3) is 11.0. The molecule has 0 aliphatic rings. The number of unbranched alkanes of at least 4 members (excludes halogenated alkanes) is 5. The summed E-state index contributed by atoms with van der Waals surface area (Å²) < 4.78 is 4.55. The van der Waals surface area contributed by atoms with Gasteiger partial charge in [-0.25, -0.2) is 0 Å². The van der Waals surface area contributed by atoms with E-state index in [-0.39, 0.29) is 11.9 Å². The Kier molecular flexibility index (Phi) is 9.76. The van der Waals surface area contributed by atoms with Gasteiger partial charge < -0.3 is 10.1 Å². The highest BCUT2D eigenvalue weighted by molar-refractivity contribution is 5.72. The molecule has 0 saturated heterocycles. The van der Waals surface area contributed by atoms with Crippen molar-refractivity contribution in [3.05, 3.63) is 0 Å². The Labute approximate surface area is 97.7 Å². The summed E-state index contributed by atoms with van der Waals surface area (Å²) in [4.78, 5) is 21.3. The summed E-state index contributed by atoms with van der Waals surface area (Å²) >= 11 is 0. The minimum absolute atomic E-state index is 0.0399. The lowest BCUT2D eigenvalue weighted by atomic mass is 10.1. The molecule has 0 bridgehead atoms. The molecule has 0 unspecified atom stereocenters. The van der Waals surface area contributed by atoms with E-state index in [0.717, 1.165) is 38.6 Å². The first-order chi connectivity index (χ1) is 7.66. The van der Waals surface area contributed by atoms with E-state index in [0.29, 0.717) is 6.42 Å². The van der Waals surface area contributed by atoms with Crippen LogP contribution in [0.15, 0.2) is 0 Å². The first-order valence-electron chi connectivity index (χ1n) is 5.98. The summed E-state index contributed by atoms with van der Waals surface area (Å²) in [5, 5.41) is 2.77. The number of carbonyl (C=O) groups is 2. The van der Waals surface area contributed by atoms with Gasteiger partial charge >= 0.3 is 5.97 Å². The summed E-state index contributed by atoms with van der Waals surface area (Å²) in [6.45, 7) is 2.31. The molecule has 0 aromatic rings. The van der Waals surface area contributed by atoms with Gasteiger partial charge in [-0.2, -0.15) is 0 Å². The number of hydrogen-bond acceptors (Lipinski definition) is 3. The fourth-order valence-corrected chi connectivity index (χ4v) is 1.47. The second-order valence-corrected chi connectivity index (χ2v) is 3.93. The van der Waals surface area contributed by atoms with Crippen LogP contribution in [0.4, 0.5) is 0 Å². The molecule has 4 heteroatoms. The number of amides is 1. The third-order valence-electron chi connectivity index (χ3n) is 2.41. The predicted octanol–water partition coefficient (Wildman–Crippen LogP) is 2.03. The van der Waals surface area contributed by atoms with E-state index in [4.69, 9.17) is 0 Å². The van der Waals surface area contributed by atoms with Crippen molar-refractivity contribution in [1.29, 1.82) is 0 Å². The van der Waals surface area contributed by atoms with Gasteiger partial charge in [-0.05, 0) is 12.8 Å². The van der Waals surface area contributed by atoms with E-state index in [9.17, 15) is 9.59 Å². The molecule has 1 amide bonds. The zero-order valence-electron chi connectivity index (χ0n) is 10.4. The van der Waals surface area contributed by atoms with E-state index >= 15 is 0 Å². The Morgan fingerprint density at radius 3 is 2.12 bits per heavy atom. The fourth-order valence-electron chi connectivity index (χ4n) is 1.47. The number of hydrogen-bond donors (Lipinski definition) is 1. The van der Waals surface area contributed by atoms with Crippen LogP contribution in [0.3, 0.4) is 0 Å². The van der Waals surface area contributed by atoms with Crippen molar-refractivity contribution in [1.82, 2.24) is 5.32 Å². The number of rotatable bonds is 9. The highest BCUT2D eigenvalue weighted by Crippen LogP contribution is 2.07. The van der Waals surface area contributed by atoms with Gasteiger partial charge in [-0.15, -0.1) is 0 Å². The number of carbonyl (C=O) groups excluding carboxylic acids is 2. The minimum Gasteiger partial charge on any atom is -0.469 e. The summed E-state index contributed by atoms with van der Waals surface area (Å²) in [7, 11) is 1.42. The quantitative estimate of drug-likeness (QED) is 0.486. The second-order valence-electron chi connectivity index (χ2n) is 3.93. The second kappa shape index (κ2) is 10.5. The predicted molar refractivity (Wildman–Crippen MR) is 63.0 cm³/mol. The van der Waals surface area contributed by atoms with Gasteiger partial charge in [0, 0.05) is 19.9 Å². The molecule has 0 heterocycles. The monoisotopic (exact) mass is 229 g/mol. The molecular weight excluding hydrogens is 206 g/mol. The summed E-state index contributed by atoms with van der Waals surface area (Å²) in [5.74, 6) is -0.0799. The maximum atomic E-state index is 10.8. The van der Waals surface area contributed by atoms with Crippen LogP contribution in [0.2, 0.25) is 0 Å². The number of esters is 1. The first kappa shape index (κ1) is 14.9. The average Bonchev–Trinajstić information content (AvgIpc) is 2.26. The Balaban J connectivity index is 3.04. The van der Waals surface area contributed by atoms with Gasteiger partial charge in [0.15, 0.2) is 0 Å². The number of ether oxygens (including phenoxy) is 1. The largest absolute Gasteiger partial charge is 0.469 e. The molecule has 0 saturated carbocycles. The number of nitrogens with one attached hydrogen (secondary N) is 1. The van der Waals surface area contributed by atoms with Gasteiger partial charge in [0.25, 0.3) is 0 Å². The maximum absolute atomic E-state index is 10.8. The molecule has 0 atom stereocenters. The van der Waals surface area contributed by atoms with E-state index in [1.807, 2.05) is 0 Å². The lowest BCUT2D eigenvalue weighted by Crippen LogP contribution is -2.20.